The van der Waals surface area contributed by atoms with E-state index in [1.54, 1.807) is 12.1 Å². The van der Waals surface area contributed by atoms with Gasteiger partial charge in [0.1, 0.15) is 0 Å². The molecule has 8 nitrogen and oxygen atoms in total. The highest BCUT2D eigenvalue weighted by Crippen LogP contribution is 2.60. The first kappa shape index (κ1) is 21.0. The number of non-ortho nitro benzene ring substituents is 1. The van der Waals surface area contributed by atoms with Gasteiger partial charge in [-0.2, -0.15) is 5.10 Å². The second-order valence-electron chi connectivity index (χ2n) is 10.4. The van der Waals surface area contributed by atoms with E-state index in [0.29, 0.717) is 5.69 Å². The maximum atomic E-state index is 10.8. The Labute approximate surface area is 198 Å². The van der Waals surface area contributed by atoms with Crippen molar-refractivity contribution < 1.29 is 4.92 Å². The fourth-order valence-electron chi connectivity index (χ4n) is 6.93. The lowest BCUT2D eigenvalue weighted by molar-refractivity contribution is -0.384. The van der Waals surface area contributed by atoms with Gasteiger partial charge in [0.15, 0.2) is 0 Å². The third kappa shape index (κ3) is 3.67. The van der Waals surface area contributed by atoms with Crippen LogP contribution >= 0.6 is 0 Å². The number of hydrogen-bond acceptors (Lipinski definition) is 6. The van der Waals surface area contributed by atoms with Crippen LogP contribution in [0.1, 0.15) is 56.7 Å². The molecule has 1 heterocycles. The second-order valence-corrected chi connectivity index (χ2v) is 10.4. The van der Waals surface area contributed by atoms with Gasteiger partial charge in [-0.3, -0.25) is 15.5 Å². The molecule has 4 fully saturated rings. The standard InChI is InChI=1S/C26H28N6O2/c1-17(28-29-22-4-8-24(9-5-22)32(33)34)21-2-6-23(7-3-21)31-25(16-27-30-31)26-13-18-10-19(14-26)12-20(11-18)15-26/h2-9,16,18-20,29H,10-15H2,1H3/b28-17-. The number of aromatic nitrogens is 3. The predicted molar refractivity (Wildman–Crippen MR) is 130 cm³/mol. The zero-order valence-corrected chi connectivity index (χ0v) is 19.2. The van der Waals surface area contributed by atoms with Crippen molar-refractivity contribution in [3.8, 4) is 5.69 Å². The molecule has 4 aliphatic carbocycles. The SMILES string of the molecule is C/C(=N/Nc1ccc([N+](=O)[O-])cc1)c1ccc(-n2nncc2C23CC4CC(CC(C4)C2)C3)cc1. The number of benzene rings is 2. The summed E-state index contributed by atoms with van der Waals surface area (Å²) in [6, 6.07) is 14.5. The number of nitrogens with zero attached hydrogens (tertiary/aromatic N) is 5. The zero-order chi connectivity index (χ0) is 23.3. The van der Waals surface area contributed by atoms with Crippen molar-refractivity contribution in [2.24, 2.45) is 22.9 Å². The van der Waals surface area contributed by atoms with E-state index in [1.165, 1.54) is 56.4 Å². The molecule has 0 atom stereocenters. The van der Waals surface area contributed by atoms with Crippen LogP contribution in [-0.2, 0) is 5.41 Å². The molecule has 0 spiro atoms. The molecule has 4 aliphatic rings. The Morgan fingerprint density at radius 2 is 1.65 bits per heavy atom. The van der Waals surface area contributed by atoms with Gasteiger partial charge in [-0.05, 0) is 93.0 Å². The molecule has 4 saturated carbocycles. The molecular weight excluding hydrogens is 428 g/mol. The van der Waals surface area contributed by atoms with E-state index < -0.39 is 4.92 Å². The molecule has 8 heteroatoms. The Morgan fingerprint density at radius 3 is 2.24 bits per heavy atom. The number of hydrogen-bond donors (Lipinski definition) is 1. The molecule has 0 radical (unpaired) electrons. The van der Waals surface area contributed by atoms with E-state index in [1.807, 2.05) is 13.1 Å². The predicted octanol–water partition coefficient (Wildman–Crippen LogP) is 5.48. The number of nitrogens with one attached hydrogen (secondary N) is 1. The van der Waals surface area contributed by atoms with Crippen molar-refractivity contribution in [3.63, 3.8) is 0 Å². The smallest absolute Gasteiger partial charge is 0.269 e. The van der Waals surface area contributed by atoms with Gasteiger partial charge >= 0.3 is 0 Å². The molecule has 174 valence electrons. The van der Waals surface area contributed by atoms with Gasteiger partial charge in [-0.1, -0.05) is 17.3 Å². The number of rotatable bonds is 6. The maximum absolute atomic E-state index is 10.8. The minimum absolute atomic E-state index is 0.0582. The number of nitro groups is 1. The van der Waals surface area contributed by atoms with Crippen molar-refractivity contribution in [2.45, 2.75) is 50.9 Å². The van der Waals surface area contributed by atoms with Crippen LogP contribution in [0, 0.1) is 27.9 Å². The Bertz CT molecular complexity index is 1210. The Hall–Kier alpha value is -3.55. The minimum atomic E-state index is -0.413. The lowest BCUT2D eigenvalue weighted by Gasteiger charge is -2.56. The molecule has 0 amide bonds. The van der Waals surface area contributed by atoms with Crippen molar-refractivity contribution in [2.75, 3.05) is 5.43 Å². The van der Waals surface area contributed by atoms with Gasteiger partial charge in [0.25, 0.3) is 5.69 Å². The topological polar surface area (TPSA) is 98.2 Å². The van der Waals surface area contributed by atoms with Crippen LogP contribution in [0.15, 0.2) is 59.8 Å². The number of anilines is 1. The van der Waals surface area contributed by atoms with Crippen molar-refractivity contribution in [1.82, 2.24) is 15.0 Å². The van der Waals surface area contributed by atoms with E-state index in [-0.39, 0.29) is 11.1 Å². The van der Waals surface area contributed by atoms with Crippen LogP contribution in [0.2, 0.25) is 0 Å². The molecule has 7 rings (SSSR count). The van der Waals surface area contributed by atoms with E-state index in [2.05, 4.69) is 49.8 Å². The molecule has 1 aromatic heterocycles. The third-order valence-corrected chi connectivity index (χ3v) is 8.09. The van der Waals surface area contributed by atoms with E-state index >= 15 is 0 Å². The lowest BCUT2D eigenvalue weighted by Crippen LogP contribution is -2.49. The highest BCUT2D eigenvalue weighted by atomic mass is 16.6. The van der Waals surface area contributed by atoms with Crippen LogP contribution in [0.3, 0.4) is 0 Å². The molecule has 2 aromatic carbocycles. The minimum Gasteiger partial charge on any atom is -0.278 e. The van der Waals surface area contributed by atoms with Crippen LogP contribution in [0.5, 0.6) is 0 Å². The Kier molecular flexibility index (Phi) is 4.97. The Balaban J connectivity index is 1.20. The molecule has 1 N–H and O–H groups in total. The van der Waals surface area contributed by atoms with Gasteiger partial charge in [0, 0.05) is 17.5 Å². The molecule has 34 heavy (non-hydrogen) atoms. The van der Waals surface area contributed by atoms with Gasteiger partial charge < -0.3 is 0 Å². The Morgan fingerprint density at radius 1 is 1.03 bits per heavy atom. The summed E-state index contributed by atoms with van der Waals surface area (Å²) in [7, 11) is 0. The largest absolute Gasteiger partial charge is 0.278 e. The summed E-state index contributed by atoms with van der Waals surface area (Å²) in [5.41, 5.74) is 8.10. The fourth-order valence-corrected chi connectivity index (χ4v) is 6.93. The highest BCUT2D eigenvalue weighted by molar-refractivity contribution is 5.99. The monoisotopic (exact) mass is 456 g/mol. The van der Waals surface area contributed by atoms with Crippen LogP contribution in [0.25, 0.3) is 5.69 Å². The van der Waals surface area contributed by atoms with E-state index in [4.69, 9.17) is 0 Å². The third-order valence-electron chi connectivity index (χ3n) is 8.09. The van der Waals surface area contributed by atoms with E-state index in [0.717, 1.165) is 34.7 Å². The fraction of sp³-hybridized carbons (Fsp3) is 0.423. The summed E-state index contributed by atoms with van der Waals surface area (Å²) in [4.78, 5) is 10.4. The zero-order valence-electron chi connectivity index (χ0n) is 19.2. The average Bonchev–Trinajstić information content (AvgIpc) is 3.33. The maximum Gasteiger partial charge on any atom is 0.269 e. The van der Waals surface area contributed by atoms with Crippen LogP contribution < -0.4 is 5.43 Å². The summed E-state index contributed by atoms with van der Waals surface area (Å²) >= 11 is 0. The molecule has 0 saturated heterocycles. The number of hydrazone groups is 1. The molecule has 4 bridgehead atoms. The van der Waals surface area contributed by atoms with Crippen molar-refractivity contribution in [1.29, 1.82) is 0 Å². The first-order chi connectivity index (χ1) is 16.5. The van der Waals surface area contributed by atoms with E-state index in [9.17, 15) is 10.1 Å². The van der Waals surface area contributed by atoms with Gasteiger partial charge in [0.2, 0.25) is 0 Å². The lowest BCUT2D eigenvalue weighted by atomic mass is 9.49. The van der Waals surface area contributed by atoms with Gasteiger partial charge in [-0.15, -0.1) is 5.10 Å². The second kappa shape index (κ2) is 8.04. The first-order valence-electron chi connectivity index (χ1n) is 12.1. The average molecular weight is 457 g/mol. The van der Waals surface area contributed by atoms with Gasteiger partial charge in [-0.25, -0.2) is 4.68 Å². The molecule has 0 aliphatic heterocycles. The normalized spacial score (nSPS) is 27.7. The summed E-state index contributed by atoms with van der Waals surface area (Å²) in [6.45, 7) is 1.93. The summed E-state index contributed by atoms with van der Waals surface area (Å²) in [5, 5.41) is 24.1. The summed E-state index contributed by atoms with van der Waals surface area (Å²) < 4.78 is 2.05. The van der Waals surface area contributed by atoms with Crippen LogP contribution in [0.4, 0.5) is 11.4 Å². The first-order valence-corrected chi connectivity index (χ1v) is 12.1. The molecule has 0 unspecified atom stereocenters. The van der Waals surface area contributed by atoms with Crippen LogP contribution in [-0.4, -0.2) is 25.6 Å². The van der Waals surface area contributed by atoms with Crippen molar-refractivity contribution in [3.05, 3.63) is 76.1 Å². The summed E-state index contributed by atoms with van der Waals surface area (Å²) in [6.07, 6.45) is 10.1. The number of nitro benzene ring substituents is 1. The highest BCUT2D eigenvalue weighted by Gasteiger charge is 2.53. The summed E-state index contributed by atoms with van der Waals surface area (Å²) in [5.74, 6) is 2.62. The molecular formula is C26H28N6O2. The molecule has 3 aromatic rings. The van der Waals surface area contributed by atoms with Gasteiger partial charge in [0.05, 0.1) is 33.9 Å². The quantitative estimate of drug-likeness (QED) is 0.301. The van der Waals surface area contributed by atoms with Crippen molar-refractivity contribution >= 4 is 17.1 Å².